The Labute approximate surface area is 169 Å². The van der Waals surface area contributed by atoms with E-state index < -0.39 is 24.5 Å². The number of anilines is 1. The number of hydrogen-bond acceptors (Lipinski definition) is 6. The van der Waals surface area contributed by atoms with Crippen molar-refractivity contribution in [2.24, 2.45) is 7.05 Å². The van der Waals surface area contributed by atoms with Crippen LogP contribution in [0, 0.1) is 6.92 Å². The van der Waals surface area contributed by atoms with Crippen LogP contribution in [0.1, 0.15) is 16.1 Å². The Balaban J connectivity index is 1.66. The molecule has 3 rings (SSSR count). The van der Waals surface area contributed by atoms with Gasteiger partial charge in [-0.2, -0.15) is 5.10 Å². The fraction of sp³-hybridized carbons (Fsp3) is 0.167. The number of imide groups is 1. The molecule has 3 aromatic rings. The molecule has 0 saturated heterocycles. The van der Waals surface area contributed by atoms with Crippen LogP contribution in [-0.2, 0) is 11.8 Å². The van der Waals surface area contributed by atoms with Crippen LogP contribution in [0.3, 0.4) is 0 Å². The maximum absolute atomic E-state index is 12.3. The topological polar surface area (TPSA) is 135 Å². The average Bonchev–Trinajstić information content (AvgIpc) is 2.94. The molecule has 0 fully saturated rings. The van der Waals surface area contributed by atoms with Gasteiger partial charge in [-0.15, -0.1) is 0 Å². The number of carboxylic acids is 1. The Hall–Kier alpha value is -3.66. The highest BCUT2D eigenvalue weighted by Gasteiger charge is 2.15. The van der Waals surface area contributed by atoms with Crippen LogP contribution in [0.4, 0.5) is 10.5 Å². The van der Waals surface area contributed by atoms with Gasteiger partial charge in [-0.25, -0.2) is 14.6 Å². The van der Waals surface area contributed by atoms with Crippen LogP contribution < -0.4 is 15.4 Å². The monoisotopic (exact) mass is 417 g/mol. The van der Waals surface area contributed by atoms with Crippen LogP contribution in [0.15, 0.2) is 30.5 Å². The van der Waals surface area contributed by atoms with Gasteiger partial charge in [-0.1, -0.05) is 11.6 Å². The van der Waals surface area contributed by atoms with Gasteiger partial charge in [-0.05, 0) is 31.2 Å². The molecule has 150 valence electrons. The first kappa shape index (κ1) is 20.1. The van der Waals surface area contributed by atoms with Crippen molar-refractivity contribution in [3.05, 3.63) is 46.7 Å². The SMILES string of the molecule is Cc1nn(C)c2ncc(C(=O)NC(=O)Nc3ccc(OCC(=O)O)c(Cl)c3)cc12. The molecule has 0 unspecified atom stereocenters. The second-order valence-corrected chi connectivity index (χ2v) is 6.45. The third-order valence-corrected chi connectivity index (χ3v) is 4.19. The van der Waals surface area contributed by atoms with Crippen molar-refractivity contribution in [2.75, 3.05) is 11.9 Å². The summed E-state index contributed by atoms with van der Waals surface area (Å²) < 4.78 is 6.60. The van der Waals surface area contributed by atoms with Gasteiger partial charge in [0.1, 0.15) is 5.75 Å². The molecule has 0 aliphatic rings. The number of carboxylic acid groups (broad SMARTS) is 1. The quantitative estimate of drug-likeness (QED) is 0.579. The van der Waals surface area contributed by atoms with E-state index in [2.05, 4.69) is 20.7 Å². The minimum atomic E-state index is -1.14. The Kier molecular flexibility index (Phi) is 5.64. The summed E-state index contributed by atoms with van der Waals surface area (Å²) in [4.78, 5) is 39.2. The van der Waals surface area contributed by atoms with Gasteiger partial charge < -0.3 is 15.2 Å². The maximum Gasteiger partial charge on any atom is 0.341 e. The van der Waals surface area contributed by atoms with E-state index in [9.17, 15) is 14.4 Å². The predicted octanol–water partition coefficient (Wildman–Crippen LogP) is 2.36. The highest BCUT2D eigenvalue weighted by molar-refractivity contribution is 6.32. The number of urea groups is 1. The summed E-state index contributed by atoms with van der Waals surface area (Å²) in [5.41, 5.74) is 1.84. The summed E-state index contributed by atoms with van der Waals surface area (Å²) in [6, 6.07) is 5.08. The Morgan fingerprint density at radius 3 is 2.72 bits per heavy atom. The number of aliphatic carboxylic acids is 1. The van der Waals surface area contributed by atoms with Crippen molar-refractivity contribution in [1.29, 1.82) is 0 Å². The summed E-state index contributed by atoms with van der Waals surface area (Å²) in [7, 11) is 1.75. The summed E-state index contributed by atoms with van der Waals surface area (Å²) in [6.07, 6.45) is 1.36. The van der Waals surface area contributed by atoms with Gasteiger partial charge in [0.25, 0.3) is 5.91 Å². The summed E-state index contributed by atoms with van der Waals surface area (Å²) in [6.45, 7) is 1.25. The Morgan fingerprint density at radius 2 is 2.03 bits per heavy atom. The molecule has 2 aromatic heterocycles. The van der Waals surface area contributed by atoms with Gasteiger partial charge in [0.2, 0.25) is 0 Å². The number of carbonyl (C=O) groups excluding carboxylic acids is 2. The van der Waals surface area contributed by atoms with Gasteiger partial charge in [0.05, 0.1) is 16.3 Å². The first-order valence-electron chi connectivity index (χ1n) is 8.30. The van der Waals surface area contributed by atoms with E-state index in [1.54, 1.807) is 24.7 Å². The molecule has 0 aliphatic heterocycles. The van der Waals surface area contributed by atoms with Gasteiger partial charge in [0, 0.05) is 24.3 Å². The van der Waals surface area contributed by atoms with E-state index in [0.717, 1.165) is 0 Å². The van der Waals surface area contributed by atoms with E-state index >= 15 is 0 Å². The number of pyridine rings is 1. The zero-order valence-electron chi connectivity index (χ0n) is 15.4. The number of ether oxygens (including phenoxy) is 1. The molecule has 0 radical (unpaired) electrons. The van der Waals surface area contributed by atoms with E-state index in [0.29, 0.717) is 22.4 Å². The summed E-state index contributed by atoms with van der Waals surface area (Å²) in [5.74, 6) is -1.62. The predicted molar refractivity (Wildman–Crippen MR) is 104 cm³/mol. The second-order valence-electron chi connectivity index (χ2n) is 6.04. The molecule has 2 heterocycles. The van der Waals surface area contributed by atoms with Crippen molar-refractivity contribution >= 4 is 46.2 Å². The largest absolute Gasteiger partial charge is 0.480 e. The first-order valence-corrected chi connectivity index (χ1v) is 8.68. The van der Waals surface area contributed by atoms with Crippen molar-refractivity contribution < 1.29 is 24.2 Å². The molecule has 29 heavy (non-hydrogen) atoms. The molecule has 3 N–H and O–H groups in total. The highest BCUT2D eigenvalue weighted by atomic mass is 35.5. The van der Waals surface area contributed by atoms with E-state index in [1.165, 1.54) is 24.4 Å². The molecule has 0 saturated carbocycles. The number of rotatable bonds is 5. The smallest absolute Gasteiger partial charge is 0.341 e. The van der Waals surface area contributed by atoms with E-state index in [4.69, 9.17) is 21.4 Å². The van der Waals surface area contributed by atoms with Crippen LogP contribution in [-0.4, -0.2) is 44.4 Å². The molecule has 0 bridgehead atoms. The second kappa shape index (κ2) is 8.15. The minimum Gasteiger partial charge on any atom is -0.480 e. The molecule has 0 spiro atoms. The number of aromatic nitrogens is 3. The fourth-order valence-corrected chi connectivity index (χ4v) is 2.84. The highest BCUT2D eigenvalue weighted by Crippen LogP contribution is 2.27. The van der Waals surface area contributed by atoms with Crippen LogP contribution in [0.2, 0.25) is 5.02 Å². The van der Waals surface area contributed by atoms with Crippen molar-refractivity contribution in [3.63, 3.8) is 0 Å². The summed E-state index contributed by atoms with van der Waals surface area (Å²) in [5, 5.41) is 18.3. The number of benzene rings is 1. The molecule has 10 nitrogen and oxygen atoms in total. The number of nitrogens with zero attached hydrogens (tertiary/aromatic N) is 3. The lowest BCUT2D eigenvalue weighted by molar-refractivity contribution is -0.139. The zero-order valence-corrected chi connectivity index (χ0v) is 16.1. The fourth-order valence-electron chi connectivity index (χ4n) is 2.60. The maximum atomic E-state index is 12.3. The third kappa shape index (κ3) is 4.61. The number of fused-ring (bicyclic) bond motifs is 1. The lowest BCUT2D eigenvalue weighted by Gasteiger charge is -2.10. The van der Waals surface area contributed by atoms with Gasteiger partial charge in [-0.3, -0.25) is 14.8 Å². The Morgan fingerprint density at radius 1 is 1.28 bits per heavy atom. The molecule has 3 amide bonds. The van der Waals surface area contributed by atoms with E-state index in [1.807, 2.05) is 0 Å². The molecule has 1 aromatic carbocycles. The van der Waals surface area contributed by atoms with E-state index in [-0.39, 0.29) is 16.3 Å². The first-order chi connectivity index (χ1) is 13.7. The van der Waals surface area contributed by atoms with Gasteiger partial charge >= 0.3 is 12.0 Å². The number of aryl methyl sites for hydroxylation is 2. The van der Waals surface area contributed by atoms with Crippen LogP contribution >= 0.6 is 11.6 Å². The zero-order chi connectivity index (χ0) is 21.1. The van der Waals surface area contributed by atoms with Crippen molar-refractivity contribution in [2.45, 2.75) is 6.92 Å². The molecule has 0 aliphatic carbocycles. The van der Waals surface area contributed by atoms with Gasteiger partial charge in [0.15, 0.2) is 12.3 Å². The number of hydrogen-bond donors (Lipinski definition) is 3. The number of carbonyl (C=O) groups is 3. The lowest BCUT2D eigenvalue weighted by Crippen LogP contribution is -2.34. The normalized spacial score (nSPS) is 10.6. The number of amides is 3. The Bertz CT molecular complexity index is 1130. The molecule has 11 heteroatoms. The standard InChI is InChI=1S/C18H16ClN5O5/c1-9-12-5-10(7-20-16(12)24(2)23-9)17(27)22-18(28)21-11-3-4-14(13(19)6-11)29-8-15(25)26/h3-7H,8H2,1-2H3,(H,25,26)(H2,21,22,27,28). The van der Waals surface area contributed by atoms with Crippen LogP contribution in [0.25, 0.3) is 11.0 Å². The van der Waals surface area contributed by atoms with Crippen molar-refractivity contribution in [1.82, 2.24) is 20.1 Å². The third-order valence-electron chi connectivity index (χ3n) is 3.89. The molecule has 0 atom stereocenters. The summed E-state index contributed by atoms with van der Waals surface area (Å²) >= 11 is 6.00. The molecular formula is C18H16ClN5O5. The average molecular weight is 418 g/mol. The minimum absolute atomic E-state index is 0.108. The molecular weight excluding hydrogens is 402 g/mol. The number of halogens is 1. The lowest BCUT2D eigenvalue weighted by atomic mass is 10.2. The van der Waals surface area contributed by atoms with Crippen molar-refractivity contribution in [3.8, 4) is 5.75 Å². The van der Waals surface area contributed by atoms with Crippen LogP contribution in [0.5, 0.6) is 5.75 Å². The number of nitrogens with one attached hydrogen (secondary N) is 2.